The highest BCUT2D eigenvalue weighted by Crippen LogP contribution is 2.31. The number of aromatic hydroxyl groups is 2. The molecule has 0 spiro atoms. The van der Waals surface area contributed by atoms with Crippen LogP contribution in [0.4, 0.5) is 0 Å². The minimum Gasteiger partial charge on any atom is -0.508 e. The van der Waals surface area contributed by atoms with Crippen LogP contribution in [-0.4, -0.2) is 10.2 Å². The Bertz CT molecular complexity index is 911. The Morgan fingerprint density at radius 2 is 0.958 bits per heavy atom. The molecule has 0 radical (unpaired) electrons. The van der Waals surface area contributed by atoms with E-state index < -0.39 is 0 Å². The fourth-order valence-electron chi connectivity index (χ4n) is 2.57. The summed E-state index contributed by atoms with van der Waals surface area (Å²) in [7, 11) is 0. The zero-order chi connectivity index (χ0) is 17.1. The molecule has 24 heavy (non-hydrogen) atoms. The molecule has 4 heteroatoms. The van der Waals surface area contributed by atoms with Crippen LogP contribution in [0.1, 0.15) is 11.1 Å². The van der Waals surface area contributed by atoms with Gasteiger partial charge in [0, 0.05) is 11.1 Å². The summed E-state index contributed by atoms with van der Waals surface area (Å²) in [5.74, 6) is 0.181. The molecule has 0 saturated heterocycles. The number of hydrogen-bond donors (Lipinski definition) is 2. The number of nitriles is 2. The first kappa shape index (κ1) is 15.1. The van der Waals surface area contributed by atoms with Crippen molar-refractivity contribution >= 4 is 0 Å². The van der Waals surface area contributed by atoms with Crippen LogP contribution < -0.4 is 0 Å². The molecule has 3 aromatic rings. The summed E-state index contributed by atoms with van der Waals surface area (Å²) in [6, 6.07) is 20.7. The van der Waals surface area contributed by atoms with Crippen LogP contribution in [0.2, 0.25) is 0 Å². The van der Waals surface area contributed by atoms with Crippen LogP contribution in [0.25, 0.3) is 22.3 Å². The minimum absolute atomic E-state index is 0.0906. The van der Waals surface area contributed by atoms with Crippen molar-refractivity contribution in [1.29, 1.82) is 10.5 Å². The summed E-state index contributed by atoms with van der Waals surface area (Å²) in [5, 5.41) is 37.7. The molecule has 2 N–H and O–H groups in total. The average Bonchev–Trinajstić information content (AvgIpc) is 2.62. The maximum atomic E-state index is 9.65. The van der Waals surface area contributed by atoms with Crippen LogP contribution in [-0.2, 0) is 0 Å². The summed E-state index contributed by atoms with van der Waals surface area (Å²) in [6.07, 6.45) is 0. The van der Waals surface area contributed by atoms with E-state index in [1.807, 2.05) is 24.3 Å². The minimum atomic E-state index is 0.0906. The predicted molar refractivity (Wildman–Crippen MR) is 90.1 cm³/mol. The molecular weight excluding hydrogens is 300 g/mol. The van der Waals surface area contributed by atoms with Gasteiger partial charge >= 0.3 is 0 Å². The first-order valence-electron chi connectivity index (χ1n) is 7.19. The van der Waals surface area contributed by atoms with Gasteiger partial charge in [-0.05, 0) is 47.5 Å². The van der Waals surface area contributed by atoms with Gasteiger partial charge in [-0.1, -0.05) is 24.3 Å². The molecule has 0 aliphatic carbocycles. The monoisotopic (exact) mass is 312 g/mol. The molecule has 0 aromatic heterocycles. The zero-order valence-electron chi connectivity index (χ0n) is 12.6. The maximum absolute atomic E-state index is 9.65. The van der Waals surface area contributed by atoms with Gasteiger partial charge in [0.05, 0.1) is 23.3 Å². The Morgan fingerprint density at radius 1 is 0.583 bits per heavy atom. The fraction of sp³-hybridized carbons (Fsp3) is 0. The molecule has 0 saturated carbocycles. The number of nitrogens with zero attached hydrogens (tertiary/aromatic N) is 2. The standard InChI is InChI=1S/C20H12N2O2/c21-11-15-5-7-17(23)9-19(15)13-1-2-14(4-3-13)20-10-18(24)8-6-16(20)12-22/h1-10,23-24H. The average molecular weight is 312 g/mol. The molecule has 0 bridgehead atoms. The van der Waals surface area contributed by atoms with Gasteiger partial charge < -0.3 is 10.2 Å². The van der Waals surface area contributed by atoms with Crippen molar-refractivity contribution in [2.75, 3.05) is 0 Å². The van der Waals surface area contributed by atoms with Gasteiger partial charge in [-0.25, -0.2) is 0 Å². The first-order chi connectivity index (χ1) is 11.6. The smallest absolute Gasteiger partial charge is 0.116 e. The number of hydrogen-bond acceptors (Lipinski definition) is 4. The molecule has 3 aromatic carbocycles. The maximum Gasteiger partial charge on any atom is 0.116 e. The van der Waals surface area contributed by atoms with E-state index in [1.165, 1.54) is 12.1 Å². The van der Waals surface area contributed by atoms with Crippen molar-refractivity contribution < 1.29 is 10.2 Å². The quantitative estimate of drug-likeness (QED) is 0.743. The van der Waals surface area contributed by atoms with Crippen LogP contribution in [0.15, 0.2) is 60.7 Å². The Labute approximate surface area is 139 Å². The second kappa shape index (κ2) is 6.16. The Hall–Kier alpha value is -3.76. The summed E-state index contributed by atoms with van der Waals surface area (Å²) in [5.41, 5.74) is 3.78. The number of benzene rings is 3. The third-order valence-corrected chi connectivity index (χ3v) is 3.75. The number of phenolic OH excluding ortho intramolecular Hbond substituents is 2. The van der Waals surface area contributed by atoms with Crippen molar-refractivity contribution in [2.45, 2.75) is 0 Å². The SMILES string of the molecule is N#Cc1ccc(O)cc1-c1ccc(-c2cc(O)ccc2C#N)cc1. The van der Waals surface area contributed by atoms with E-state index in [0.29, 0.717) is 22.3 Å². The van der Waals surface area contributed by atoms with Crippen LogP contribution in [0, 0.1) is 22.7 Å². The third kappa shape index (κ3) is 2.77. The molecule has 0 aliphatic heterocycles. The lowest BCUT2D eigenvalue weighted by molar-refractivity contribution is 0.475. The van der Waals surface area contributed by atoms with Gasteiger partial charge in [0.1, 0.15) is 11.5 Å². The molecule has 4 nitrogen and oxygen atoms in total. The highest BCUT2D eigenvalue weighted by atomic mass is 16.3. The summed E-state index contributed by atoms with van der Waals surface area (Å²) in [4.78, 5) is 0. The second-order valence-corrected chi connectivity index (χ2v) is 5.26. The molecule has 0 unspecified atom stereocenters. The first-order valence-corrected chi connectivity index (χ1v) is 7.19. The van der Waals surface area contributed by atoms with E-state index in [9.17, 15) is 20.7 Å². The van der Waals surface area contributed by atoms with Gasteiger partial charge in [0.25, 0.3) is 0 Å². The summed E-state index contributed by atoms with van der Waals surface area (Å²) < 4.78 is 0. The van der Waals surface area contributed by atoms with E-state index in [4.69, 9.17) is 0 Å². The van der Waals surface area contributed by atoms with Gasteiger partial charge in [0.15, 0.2) is 0 Å². The summed E-state index contributed by atoms with van der Waals surface area (Å²) in [6.45, 7) is 0. The van der Waals surface area contributed by atoms with Crippen molar-refractivity contribution in [3.8, 4) is 45.9 Å². The molecule has 0 amide bonds. The zero-order valence-corrected chi connectivity index (χ0v) is 12.6. The Kier molecular flexibility index (Phi) is 3.89. The van der Waals surface area contributed by atoms with Crippen molar-refractivity contribution in [3.63, 3.8) is 0 Å². The van der Waals surface area contributed by atoms with Gasteiger partial charge in [0.2, 0.25) is 0 Å². The third-order valence-electron chi connectivity index (χ3n) is 3.75. The molecule has 0 atom stereocenters. The normalized spacial score (nSPS) is 9.92. The number of phenols is 2. The Morgan fingerprint density at radius 3 is 1.29 bits per heavy atom. The van der Waals surface area contributed by atoms with Gasteiger partial charge in [-0.2, -0.15) is 10.5 Å². The largest absolute Gasteiger partial charge is 0.508 e. The van der Waals surface area contributed by atoms with Crippen molar-refractivity contribution in [1.82, 2.24) is 0 Å². The lowest BCUT2D eigenvalue weighted by Gasteiger charge is -2.08. The highest BCUT2D eigenvalue weighted by molar-refractivity contribution is 5.77. The molecule has 3 rings (SSSR count). The molecule has 0 aliphatic rings. The Balaban J connectivity index is 2.08. The molecule has 0 heterocycles. The topological polar surface area (TPSA) is 88.0 Å². The van der Waals surface area contributed by atoms with E-state index in [-0.39, 0.29) is 11.5 Å². The van der Waals surface area contributed by atoms with Gasteiger partial charge in [-0.3, -0.25) is 0 Å². The predicted octanol–water partition coefficient (Wildman–Crippen LogP) is 4.18. The van der Waals surface area contributed by atoms with E-state index in [2.05, 4.69) is 12.1 Å². The van der Waals surface area contributed by atoms with Crippen molar-refractivity contribution in [2.24, 2.45) is 0 Å². The molecule has 0 fully saturated rings. The molecular formula is C20H12N2O2. The fourth-order valence-corrected chi connectivity index (χ4v) is 2.57. The molecule has 114 valence electrons. The van der Waals surface area contributed by atoms with Crippen LogP contribution >= 0.6 is 0 Å². The summed E-state index contributed by atoms with van der Waals surface area (Å²) >= 11 is 0. The second-order valence-electron chi connectivity index (χ2n) is 5.26. The highest BCUT2D eigenvalue weighted by Gasteiger charge is 2.09. The van der Waals surface area contributed by atoms with Gasteiger partial charge in [-0.15, -0.1) is 0 Å². The van der Waals surface area contributed by atoms with E-state index in [1.54, 1.807) is 24.3 Å². The van der Waals surface area contributed by atoms with E-state index >= 15 is 0 Å². The lowest BCUT2D eigenvalue weighted by atomic mass is 9.95. The van der Waals surface area contributed by atoms with Crippen LogP contribution in [0.3, 0.4) is 0 Å². The number of rotatable bonds is 2. The van der Waals surface area contributed by atoms with Crippen molar-refractivity contribution in [3.05, 3.63) is 71.8 Å². The van der Waals surface area contributed by atoms with E-state index in [0.717, 1.165) is 11.1 Å². The van der Waals surface area contributed by atoms with Crippen LogP contribution in [0.5, 0.6) is 11.5 Å². The lowest BCUT2D eigenvalue weighted by Crippen LogP contribution is -1.87.